The first kappa shape index (κ1) is 18.9. The van der Waals surface area contributed by atoms with Crippen LogP contribution in [-0.2, 0) is 0 Å². The zero-order valence-electron chi connectivity index (χ0n) is 16.3. The molecule has 0 heterocycles. The molecule has 2 heteroatoms. The highest BCUT2D eigenvalue weighted by Gasteiger charge is 2.50. The van der Waals surface area contributed by atoms with Crippen molar-refractivity contribution in [2.75, 3.05) is 0 Å². The van der Waals surface area contributed by atoms with Gasteiger partial charge in [-0.15, -0.1) is 0 Å². The molecule has 3 unspecified atom stereocenters. The van der Waals surface area contributed by atoms with Gasteiger partial charge in [0.1, 0.15) is 0 Å². The van der Waals surface area contributed by atoms with Crippen molar-refractivity contribution in [3.05, 3.63) is 35.5 Å². The van der Waals surface area contributed by atoms with E-state index in [1.165, 1.54) is 38.5 Å². The van der Waals surface area contributed by atoms with Gasteiger partial charge in [0, 0.05) is 0 Å². The highest BCUT2D eigenvalue weighted by atomic mass is 16.3. The molecule has 2 N–H and O–H groups in total. The lowest BCUT2D eigenvalue weighted by Crippen LogP contribution is -2.35. The van der Waals surface area contributed by atoms with Crippen LogP contribution in [0.2, 0.25) is 0 Å². The fraction of sp³-hybridized carbons (Fsp3) is 0.739. The summed E-state index contributed by atoms with van der Waals surface area (Å²) >= 11 is 0. The molecule has 0 aromatic rings. The van der Waals surface area contributed by atoms with Gasteiger partial charge in [-0.2, -0.15) is 0 Å². The molecule has 0 aliphatic heterocycles. The van der Waals surface area contributed by atoms with Crippen molar-refractivity contribution in [1.29, 1.82) is 0 Å². The highest BCUT2D eigenvalue weighted by Crippen LogP contribution is 2.59. The van der Waals surface area contributed by atoms with Crippen molar-refractivity contribution < 1.29 is 10.2 Å². The molecular formula is C23H36O2. The molecular weight excluding hydrogens is 308 g/mol. The molecule has 0 radical (unpaired) electrons. The van der Waals surface area contributed by atoms with Crippen LogP contribution in [0, 0.1) is 23.2 Å². The van der Waals surface area contributed by atoms with Crippen molar-refractivity contribution in [2.24, 2.45) is 23.2 Å². The second-order valence-corrected chi connectivity index (χ2v) is 9.06. The van der Waals surface area contributed by atoms with Gasteiger partial charge >= 0.3 is 0 Å². The molecule has 3 saturated carbocycles. The average molecular weight is 345 g/mol. The van der Waals surface area contributed by atoms with E-state index in [0.29, 0.717) is 23.8 Å². The average Bonchev–Trinajstić information content (AvgIpc) is 2.94. The molecule has 3 aliphatic carbocycles. The van der Waals surface area contributed by atoms with Crippen molar-refractivity contribution >= 4 is 0 Å². The summed E-state index contributed by atoms with van der Waals surface area (Å²) < 4.78 is 0. The lowest BCUT2D eigenvalue weighted by molar-refractivity contribution is 0.0961. The van der Waals surface area contributed by atoms with Crippen LogP contribution >= 0.6 is 0 Å². The summed E-state index contributed by atoms with van der Waals surface area (Å²) in [6, 6.07) is 0. The highest BCUT2D eigenvalue weighted by molar-refractivity contribution is 5.29. The zero-order valence-corrected chi connectivity index (χ0v) is 16.3. The van der Waals surface area contributed by atoms with Gasteiger partial charge in [-0.3, -0.25) is 0 Å². The Morgan fingerprint density at radius 1 is 1.20 bits per heavy atom. The van der Waals surface area contributed by atoms with E-state index in [1.807, 2.05) is 0 Å². The maximum atomic E-state index is 10.0. The number of rotatable bonds is 3. The normalized spacial score (nSPS) is 43.5. The molecule has 6 atom stereocenters. The molecule has 3 aliphatic rings. The fourth-order valence-electron chi connectivity index (χ4n) is 5.92. The molecule has 0 saturated heterocycles. The second-order valence-electron chi connectivity index (χ2n) is 9.06. The van der Waals surface area contributed by atoms with E-state index in [9.17, 15) is 10.2 Å². The topological polar surface area (TPSA) is 40.5 Å². The van der Waals surface area contributed by atoms with Crippen LogP contribution in [0.4, 0.5) is 0 Å². The second kappa shape index (κ2) is 7.40. The molecule has 3 rings (SSSR count). The Morgan fingerprint density at radius 2 is 1.88 bits per heavy atom. The van der Waals surface area contributed by atoms with Gasteiger partial charge in [-0.1, -0.05) is 57.1 Å². The van der Waals surface area contributed by atoms with Crippen LogP contribution < -0.4 is 0 Å². The van der Waals surface area contributed by atoms with Gasteiger partial charge < -0.3 is 10.2 Å². The minimum absolute atomic E-state index is 0.470. The number of hydrogen-bond acceptors (Lipinski definition) is 2. The summed E-state index contributed by atoms with van der Waals surface area (Å²) in [5.74, 6) is 2.41. The monoisotopic (exact) mass is 344 g/mol. The summed E-state index contributed by atoms with van der Waals surface area (Å²) in [7, 11) is 0. The number of aliphatic hydroxyl groups is 2. The molecule has 0 spiro atoms. The van der Waals surface area contributed by atoms with Crippen molar-refractivity contribution in [2.45, 2.75) is 84.3 Å². The maximum absolute atomic E-state index is 10.0. The largest absolute Gasteiger partial charge is 0.388 e. The van der Waals surface area contributed by atoms with E-state index in [2.05, 4.69) is 39.5 Å². The predicted molar refractivity (Wildman–Crippen MR) is 104 cm³/mol. The molecule has 140 valence electrons. The van der Waals surface area contributed by atoms with Crippen LogP contribution in [0.25, 0.3) is 0 Å². The van der Waals surface area contributed by atoms with Crippen LogP contribution in [0.15, 0.2) is 35.5 Å². The summed E-state index contributed by atoms with van der Waals surface area (Å²) in [5, 5.41) is 20.1. The number of aliphatic hydroxyl groups excluding tert-OH is 2. The third-order valence-electron chi connectivity index (χ3n) is 7.67. The first-order valence-corrected chi connectivity index (χ1v) is 10.3. The zero-order chi connectivity index (χ0) is 18.2. The minimum Gasteiger partial charge on any atom is -0.388 e. The van der Waals surface area contributed by atoms with E-state index >= 15 is 0 Å². The summed E-state index contributed by atoms with van der Waals surface area (Å²) in [6.45, 7) is 11.1. The predicted octanol–water partition coefficient (Wildman–Crippen LogP) is 5.17. The van der Waals surface area contributed by atoms with Crippen molar-refractivity contribution in [3.63, 3.8) is 0 Å². The SMILES string of the molecule is C=C1C(O)CC(=C/C=C2\CCC[C@@]3(C)C2CCC3[C@H](C)CC)C[C@H]1O. The maximum Gasteiger partial charge on any atom is 0.0809 e. The van der Waals surface area contributed by atoms with Crippen molar-refractivity contribution in [1.82, 2.24) is 0 Å². The summed E-state index contributed by atoms with van der Waals surface area (Å²) in [6.07, 6.45) is 12.5. The van der Waals surface area contributed by atoms with Crippen LogP contribution in [0.3, 0.4) is 0 Å². The Balaban J connectivity index is 1.78. The molecule has 0 bridgehead atoms. The lowest BCUT2D eigenvalue weighted by Gasteiger charge is -2.44. The Labute approximate surface area is 153 Å². The van der Waals surface area contributed by atoms with Crippen LogP contribution in [0.1, 0.15) is 72.1 Å². The Bertz CT molecular complexity index is 557. The standard InChI is InChI=1S/C23H36O2/c1-5-15(2)19-10-11-20-18(7-6-12-23(19,20)4)9-8-17-13-21(24)16(3)22(25)14-17/h8-9,15,19-22,24-25H,3,5-7,10-14H2,1-2,4H3/b17-8?,18-9+/t15-,19?,20?,21-,22?,23-/m1/s1. The Kier molecular flexibility index (Phi) is 5.60. The molecule has 2 nitrogen and oxygen atoms in total. The third kappa shape index (κ3) is 3.53. The van der Waals surface area contributed by atoms with E-state index < -0.39 is 12.2 Å². The Morgan fingerprint density at radius 3 is 2.52 bits per heavy atom. The minimum atomic E-state index is -0.591. The number of fused-ring (bicyclic) bond motifs is 1. The van der Waals surface area contributed by atoms with E-state index in [1.54, 1.807) is 5.57 Å². The third-order valence-corrected chi connectivity index (χ3v) is 7.67. The summed E-state index contributed by atoms with van der Waals surface area (Å²) in [4.78, 5) is 0. The molecule has 0 amide bonds. The van der Waals surface area contributed by atoms with E-state index in [0.717, 1.165) is 23.3 Å². The van der Waals surface area contributed by atoms with E-state index in [4.69, 9.17) is 0 Å². The van der Waals surface area contributed by atoms with Gasteiger partial charge in [-0.25, -0.2) is 0 Å². The first-order chi connectivity index (χ1) is 11.9. The van der Waals surface area contributed by atoms with Gasteiger partial charge in [-0.05, 0) is 73.7 Å². The molecule has 25 heavy (non-hydrogen) atoms. The molecule has 0 aromatic heterocycles. The van der Waals surface area contributed by atoms with Crippen LogP contribution in [-0.4, -0.2) is 22.4 Å². The Hall–Kier alpha value is -0.860. The van der Waals surface area contributed by atoms with E-state index in [-0.39, 0.29) is 0 Å². The quantitative estimate of drug-likeness (QED) is 0.693. The number of allylic oxidation sites excluding steroid dienone is 3. The lowest BCUT2D eigenvalue weighted by atomic mass is 9.61. The summed E-state index contributed by atoms with van der Waals surface area (Å²) in [5.41, 5.74) is 3.81. The fourth-order valence-corrected chi connectivity index (χ4v) is 5.92. The van der Waals surface area contributed by atoms with Gasteiger partial charge in [0.2, 0.25) is 0 Å². The molecule has 3 fully saturated rings. The van der Waals surface area contributed by atoms with Gasteiger partial charge in [0.15, 0.2) is 0 Å². The smallest absolute Gasteiger partial charge is 0.0809 e. The van der Waals surface area contributed by atoms with Crippen LogP contribution in [0.5, 0.6) is 0 Å². The van der Waals surface area contributed by atoms with Crippen molar-refractivity contribution in [3.8, 4) is 0 Å². The number of hydrogen-bond donors (Lipinski definition) is 2. The van der Waals surface area contributed by atoms with Gasteiger partial charge in [0.25, 0.3) is 0 Å². The first-order valence-electron chi connectivity index (χ1n) is 10.3. The van der Waals surface area contributed by atoms with Gasteiger partial charge in [0.05, 0.1) is 12.2 Å². The molecule has 0 aromatic carbocycles.